The molecule has 0 saturated carbocycles. The van der Waals surface area contributed by atoms with Crippen LogP contribution >= 0.6 is 22.7 Å². The van der Waals surface area contributed by atoms with Crippen molar-refractivity contribution < 1.29 is 14.0 Å². The van der Waals surface area contributed by atoms with Crippen molar-refractivity contribution in [2.24, 2.45) is 0 Å². The van der Waals surface area contributed by atoms with E-state index < -0.39 is 11.4 Å². The molecule has 4 aromatic rings. The molecule has 0 bridgehead atoms. The largest absolute Gasteiger partial charge is 0.422 e. The molecule has 0 spiro atoms. The van der Waals surface area contributed by atoms with E-state index in [0.29, 0.717) is 15.8 Å². The Morgan fingerprint density at radius 2 is 1.72 bits per heavy atom. The highest BCUT2D eigenvalue weighted by Gasteiger charge is 2.27. The molecule has 0 N–H and O–H groups in total. The monoisotopic (exact) mass is 366 g/mol. The van der Waals surface area contributed by atoms with E-state index in [4.69, 9.17) is 4.42 Å². The van der Waals surface area contributed by atoms with Crippen molar-refractivity contribution in [1.82, 2.24) is 0 Å². The van der Waals surface area contributed by atoms with Gasteiger partial charge in [0.25, 0.3) is 0 Å². The molecule has 0 atom stereocenters. The normalized spacial score (nSPS) is 10.9. The van der Waals surface area contributed by atoms with Crippen molar-refractivity contribution in [1.29, 1.82) is 0 Å². The Kier molecular flexibility index (Phi) is 3.91. The first-order valence-electron chi connectivity index (χ1n) is 7.38. The van der Waals surface area contributed by atoms with Crippen LogP contribution < -0.4 is 5.63 Å². The fourth-order valence-electron chi connectivity index (χ4n) is 2.66. The van der Waals surface area contributed by atoms with E-state index >= 15 is 0 Å². The second-order valence-electron chi connectivity index (χ2n) is 5.28. The highest BCUT2D eigenvalue weighted by atomic mass is 32.1. The van der Waals surface area contributed by atoms with Gasteiger partial charge in [0.15, 0.2) is 5.78 Å². The molecular weight excluding hydrogens is 356 g/mol. The van der Waals surface area contributed by atoms with E-state index in [1.165, 1.54) is 22.7 Å². The zero-order valence-electron chi connectivity index (χ0n) is 12.7. The second-order valence-corrected chi connectivity index (χ2v) is 7.01. The predicted octanol–water partition coefficient (Wildman–Crippen LogP) is 4.38. The maximum Gasteiger partial charge on any atom is 0.348 e. The molecule has 0 saturated heterocycles. The quantitative estimate of drug-likeness (QED) is 0.397. The van der Waals surface area contributed by atoms with Gasteiger partial charge in [0.05, 0.1) is 10.4 Å². The van der Waals surface area contributed by atoms with Crippen LogP contribution in [0.2, 0.25) is 0 Å². The van der Waals surface area contributed by atoms with Crippen LogP contribution in [-0.4, -0.2) is 11.6 Å². The van der Waals surface area contributed by atoms with E-state index in [9.17, 15) is 14.4 Å². The summed E-state index contributed by atoms with van der Waals surface area (Å²) in [6, 6.07) is 11.8. The molecule has 3 aromatic heterocycles. The van der Waals surface area contributed by atoms with E-state index in [1.54, 1.807) is 58.6 Å². The third kappa shape index (κ3) is 2.65. The average molecular weight is 366 g/mol. The Bertz CT molecular complexity index is 1140. The van der Waals surface area contributed by atoms with Gasteiger partial charge in [-0.1, -0.05) is 24.3 Å². The van der Waals surface area contributed by atoms with Crippen molar-refractivity contribution in [3.05, 3.63) is 90.6 Å². The second kappa shape index (κ2) is 6.23. The van der Waals surface area contributed by atoms with Crippen LogP contribution in [0.1, 0.15) is 31.2 Å². The van der Waals surface area contributed by atoms with Gasteiger partial charge in [-0.05, 0) is 29.0 Å². The number of para-hydroxylation sites is 1. The van der Waals surface area contributed by atoms with Gasteiger partial charge in [0, 0.05) is 16.3 Å². The molecule has 4 rings (SSSR count). The first-order valence-corrected chi connectivity index (χ1v) is 9.20. The molecule has 3 heterocycles. The van der Waals surface area contributed by atoms with E-state index in [2.05, 4.69) is 0 Å². The van der Waals surface area contributed by atoms with Gasteiger partial charge >= 0.3 is 5.63 Å². The smallest absolute Gasteiger partial charge is 0.348 e. The van der Waals surface area contributed by atoms with Gasteiger partial charge in [0.1, 0.15) is 11.1 Å². The molecule has 1 aromatic carbocycles. The van der Waals surface area contributed by atoms with Crippen molar-refractivity contribution in [2.75, 3.05) is 0 Å². The van der Waals surface area contributed by atoms with Gasteiger partial charge in [-0.25, -0.2) is 4.79 Å². The summed E-state index contributed by atoms with van der Waals surface area (Å²) in [5.74, 6) is -0.849. The third-order valence-electron chi connectivity index (χ3n) is 3.80. The van der Waals surface area contributed by atoms with Crippen LogP contribution in [-0.2, 0) is 0 Å². The van der Waals surface area contributed by atoms with Crippen LogP contribution in [0.3, 0.4) is 0 Å². The summed E-state index contributed by atoms with van der Waals surface area (Å²) in [6.07, 6.45) is 0. The standard InChI is InChI=1S/C19H10O4S2/c20-17(11-7-9-24-10-11)15-12-4-1-2-5-13(12)23-19(22)16(15)18(21)14-6-3-8-25-14/h1-10H. The fourth-order valence-corrected chi connectivity index (χ4v) is 3.97. The summed E-state index contributed by atoms with van der Waals surface area (Å²) in [4.78, 5) is 38.8. The van der Waals surface area contributed by atoms with Crippen LogP contribution in [0.5, 0.6) is 0 Å². The molecule has 4 nitrogen and oxygen atoms in total. The average Bonchev–Trinajstić information content (AvgIpc) is 3.32. The third-order valence-corrected chi connectivity index (χ3v) is 5.35. The molecule has 25 heavy (non-hydrogen) atoms. The van der Waals surface area contributed by atoms with Gasteiger partial charge < -0.3 is 4.42 Å². The number of ketones is 2. The van der Waals surface area contributed by atoms with E-state index in [-0.39, 0.29) is 22.5 Å². The maximum atomic E-state index is 13.0. The van der Waals surface area contributed by atoms with Crippen LogP contribution in [0, 0.1) is 0 Å². The molecule has 0 aliphatic heterocycles. The Labute approximate surface area is 150 Å². The molecule has 6 heteroatoms. The van der Waals surface area contributed by atoms with Gasteiger partial charge in [0.2, 0.25) is 5.78 Å². The molecule has 0 radical (unpaired) electrons. The van der Waals surface area contributed by atoms with Crippen molar-refractivity contribution in [3.8, 4) is 0 Å². The summed E-state index contributed by atoms with van der Waals surface area (Å²) in [5, 5.41) is 5.68. The SMILES string of the molecule is O=C(c1cccs1)c1c(C(=O)c2ccsc2)c2ccccc2oc1=O. The summed E-state index contributed by atoms with van der Waals surface area (Å²) in [5.41, 5.74) is -0.175. The van der Waals surface area contributed by atoms with Crippen molar-refractivity contribution >= 4 is 45.2 Å². The number of rotatable bonds is 4. The highest BCUT2D eigenvalue weighted by molar-refractivity contribution is 7.12. The summed E-state index contributed by atoms with van der Waals surface area (Å²) in [6.45, 7) is 0. The lowest BCUT2D eigenvalue weighted by Gasteiger charge is -2.09. The lowest BCUT2D eigenvalue weighted by atomic mass is 9.95. The molecular formula is C19H10O4S2. The molecule has 0 amide bonds. The fraction of sp³-hybridized carbons (Fsp3) is 0. The zero-order valence-corrected chi connectivity index (χ0v) is 14.4. The highest BCUT2D eigenvalue weighted by Crippen LogP contribution is 2.26. The van der Waals surface area contributed by atoms with Crippen LogP contribution in [0.4, 0.5) is 0 Å². The number of fused-ring (bicyclic) bond motifs is 1. The van der Waals surface area contributed by atoms with E-state index in [1.807, 2.05) is 0 Å². The first kappa shape index (κ1) is 15.7. The zero-order chi connectivity index (χ0) is 17.4. The lowest BCUT2D eigenvalue weighted by Crippen LogP contribution is -2.21. The summed E-state index contributed by atoms with van der Waals surface area (Å²) < 4.78 is 5.30. The molecule has 0 aliphatic rings. The summed E-state index contributed by atoms with van der Waals surface area (Å²) >= 11 is 2.60. The number of hydrogen-bond donors (Lipinski definition) is 0. The molecule has 122 valence electrons. The number of benzene rings is 1. The maximum absolute atomic E-state index is 13.0. The molecule has 0 aliphatic carbocycles. The number of thiophene rings is 2. The van der Waals surface area contributed by atoms with E-state index in [0.717, 1.165) is 0 Å². The lowest BCUT2D eigenvalue weighted by molar-refractivity contribution is 0.100. The molecule has 0 fully saturated rings. The van der Waals surface area contributed by atoms with Gasteiger partial charge in [-0.15, -0.1) is 11.3 Å². The van der Waals surface area contributed by atoms with Crippen LogP contribution in [0.25, 0.3) is 11.0 Å². The Balaban J connectivity index is 2.06. The summed E-state index contributed by atoms with van der Waals surface area (Å²) in [7, 11) is 0. The van der Waals surface area contributed by atoms with Gasteiger partial charge in [-0.2, -0.15) is 11.3 Å². The van der Waals surface area contributed by atoms with Crippen molar-refractivity contribution in [3.63, 3.8) is 0 Å². The minimum Gasteiger partial charge on any atom is -0.422 e. The number of carbonyl (C=O) groups excluding carboxylic acids is 2. The number of carbonyl (C=O) groups is 2. The molecule has 0 unspecified atom stereocenters. The minimum atomic E-state index is -0.796. The Hall–Kier alpha value is -2.83. The Morgan fingerprint density at radius 1 is 0.880 bits per heavy atom. The Morgan fingerprint density at radius 3 is 2.44 bits per heavy atom. The predicted molar refractivity (Wildman–Crippen MR) is 98.0 cm³/mol. The van der Waals surface area contributed by atoms with Gasteiger partial charge in [-0.3, -0.25) is 9.59 Å². The first-order chi connectivity index (χ1) is 12.2. The topological polar surface area (TPSA) is 64.3 Å². The van der Waals surface area contributed by atoms with Crippen molar-refractivity contribution in [2.45, 2.75) is 0 Å². The minimum absolute atomic E-state index is 0.101. The number of hydrogen-bond acceptors (Lipinski definition) is 6. The van der Waals surface area contributed by atoms with Crippen LogP contribution in [0.15, 0.2) is 67.8 Å².